The van der Waals surface area contributed by atoms with Crippen LogP contribution in [0.2, 0.25) is 0 Å². The predicted molar refractivity (Wildman–Crippen MR) is 121 cm³/mol. The summed E-state index contributed by atoms with van der Waals surface area (Å²) in [6.45, 7) is 1.99. The lowest BCUT2D eigenvalue weighted by atomic mass is 10.2. The number of sulfonamides is 1. The van der Waals surface area contributed by atoms with E-state index < -0.39 is 16.0 Å². The molecule has 4 rings (SSSR count). The van der Waals surface area contributed by atoms with Crippen molar-refractivity contribution in [1.82, 2.24) is 4.98 Å². The molecule has 32 heavy (non-hydrogen) atoms. The monoisotopic (exact) mass is 448 g/mol. The van der Waals surface area contributed by atoms with Crippen LogP contribution in [0.4, 0.5) is 5.69 Å². The van der Waals surface area contributed by atoms with E-state index in [9.17, 15) is 13.2 Å². The Balaban J connectivity index is 1.48. The largest absolute Gasteiger partial charge is 0.462 e. The third kappa shape index (κ3) is 4.70. The molecular formula is C24H20N2O5S. The van der Waals surface area contributed by atoms with Gasteiger partial charge in [0.2, 0.25) is 5.89 Å². The van der Waals surface area contributed by atoms with Gasteiger partial charge in [0.15, 0.2) is 5.76 Å². The molecule has 1 heterocycles. The van der Waals surface area contributed by atoms with Gasteiger partial charge in [0.1, 0.15) is 0 Å². The van der Waals surface area contributed by atoms with Gasteiger partial charge in [-0.05, 0) is 55.5 Å². The van der Waals surface area contributed by atoms with Gasteiger partial charge in [0.05, 0.1) is 23.3 Å². The van der Waals surface area contributed by atoms with Gasteiger partial charge in [-0.1, -0.05) is 30.3 Å². The van der Waals surface area contributed by atoms with Gasteiger partial charge < -0.3 is 9.15 Å². The van der Waals surface area contributed by atoms with Crippen LogP contribution in [-0.2, 0) is 14.8 Å². The summed E-state index contributed by atoms with van der Waals surface area (Å²) in [5, 5.41) is 0. The second-order valence-corrected chi connectivity index (χ2v) is 8.51. The number of ether oxygens (including phenoxy) is 1. The number of nitrogens with one attached hydrogen (secondary N) is 1. The molecule has 0 saturated carbocycles. The van der Waals surface area contributed by atoms with Crippen LogP contribution in [0.25, 0.3) is 22.8 Å². The van der Waals surface area contributed by atoms with Gasteiger partial charge in [-0.25, -0.2) is 18.2 Å². The first kappa shape index (κ1) is 21.3. The smallest absolute Gasteiger partial charge is 0.338 e. The van der Waals surface area contributed by atoms with Gasteiger partial charge in [-0.2, -0.15) is 0 Å². The van der Waals surface area contributed by atoms with E-state index in [1.54, 1.807) is 25.3 Å². The van der Waals surface area contributed by atoms with Gasteiger partial charge in [0.25, 0.3) is 10.0 Å². The van der Waals surface area contributed by atoms with E-state index >= 15 is 0 Å². The molecule has 0 aliphatic carbocycles. The van der Waals surface area contributed by atoms with E-state index in [4.69, 9.17) is 9.15 Å². The van der Waals surface area contributed by atoms with E-state index in [0.717, 1.165) is 5.56 Å². The van der Waals surface area contributed by atoms with Crippen LogP contribution < -0.4 is 4.72 Å². The number of rotatable bonds is 7. The van der Waals surface area contributed by atoms with Gasteiger partial charge >= 0.3 is 5.97 Å². The second-order valence-electron chi connectivity index (χ2n) is 6.82. The topological polar surface area (TPSA) is 98.5 Å². The third-order valence-corrected chi connectivity index (χ3v) is 6.02. The molecular weight excluding hydrogens is 428 g/mol. The summed E-state index contributed by atoms with van der Waals surface area (Å²) in [6.07, 6.45) is 1.64. The highest BCUT2D eigenvalue weighted by atomic mass is 32.2. The number of nitrogens with zero attached hydrogens (tertiary/aromatic N) is 1. The fraction of sp³-hybridized carbons (Fsp3) is 0.0833. The average Bonchev–Trinajstić information content (AvgIpc) is 3.31. The highest BCUT2D eigenvalue weighted by Gasteiger charge is 2.16. The van der Waals surface area contributed by atoms with Crippen molar-refractivity contribution in [3.05, 3.63) is 90.6 Å². The zero-order valence-corrected chi connectivity index (χ0v) is 18.0. The Hall–Kier alpha value is -3.91. The molecule has 0 unspecified atom stereocenters. The molecule has 1 N–H and O–H groups in total. The number of oxazole rings is 1. The standard InChI is InChI=1S/C24H20N2O5S/c1-2-30-24(27)19-8-12-20(13-9-19)26-32(28,29)21-14-10-18(11-15-21)23-25-16-22(31-23)17-6-4-3-5-7-17/h3-16,26H,2H2,1H3. The van der Waals surface area contributed by atoms with Crippen molar-refractivity contribution in [2.24, 2.45) is 0 Å². The van der Waals surface area contributed by atoms with Crippen LogP contribution in [0.5, 0.6) is 0 Å². The van der Waals surface area contributed by atoms with E-state index in [1.807, 2.05) is 30.3 Å². The van der Waals surface area contributed by atoms with Gasteiger partial charge in [-0.15, -0.1) is 0 Å². The Morgan fingerprint density at radius 1 is 0.938 bits per heavy atom. The molecule has 0 saturated heterocycles. The summed E-state index contributed by atoms with van der Waals surface area (Å²) in [4.78, 5) is 16.1. The fourth-order valence-electron chi connectivity index (χ4n) is 3.02. The molecule has 0 bridgehead atoms. The maximum Gasteiger partial charge on any atom is 0.338 e. The summed E-state index contributed by atoms with van der Waals surface area (Å²) in [5.74, 6) is 0.569. The Bertz CT molecular complexity index is 1310. The van der Waals surface area contributed by atoms with E-state index in [1.165, 1.54) is 36.4 Å². The molecule has 162 valence electrons. The molecule has 0 fully saturated rings. The zero-order chi connectivity index (χ0) is 22.6. The SMILES string of the molecule is CCOC(=O)c1ccc(NS(=O)(=O)c2ccc(-c3ncc(-c4ccccc4)o3)cc2)cc1. The van der Waals surface area contributed by atoms with Crippen LogP contribution in [-0.4, -0.2) is 26.0 Å². The van der Waals surface area contributed by atoms with Crippen LogP contribution >= 0.6 is 0 Å². The number of carbonyl (C=O) groups excluding carboxylic acids is 1. The molecule has 0 aliphatic heterocycles. The predicted octanol–water partition coefficient (Wildman–Crippen LogP) is 4.99. The molecule has 0 spiro atoms. The number of esters is 1. The first-order valence-electron chi connectivity index (χ1n) is 9.88. The van der Waals surface area contributed by atoms with Crippen molar-refractivity contribution in [1.29, 1.82) is 0 Å². The second kappa shape index (κ2) is 9.07. The Morgan fingerprint density at radius 3 is 2.28 bits per heavy atom. The van der Waals surface area contributed by atoms with Crippen molar-refractivity contribution < 1.29 is 22.4 Å². The average molecular weight is 449 g/mol. The molecule has 0 atom stereocenters. The lowest BCUT2D eigenvalue weighted by molar-refractivity contribution is 0.0526. The molecule has 7 nitrogen and oxygen atoms in total. The Morgan fingerprint density at radius 2 is 1.62 bits per heavy atom. The molecule has 8 heteroatoms. The normalized spacial score (nSPS) is 11.2. The molecule has 4 aromatic rings. The first-order valence-corrected chi connectivity index (χ1v) is 11.4. The molecule has 0 amide bonds. The minimum Gasteiger partial charge on any atom is -0.462 e. The summed E-state index contributed by atoms with van der Waals surface area (Å²) in [6, 6.07) is 21.9. The van der Waals surface area contributed by atoms with E-state index in [-0.39, 0.29) is 11.5 Å². The Kier molecular flexibility index (Phi) is 6.04. The summed E-state index contributed by atoms with van der Waals surface area (Å²) in [7, 11) is -3.81. The number of aromatic nitrogens is 1. The zero-order valence-electron chi connectivity index (χ0n) is 17.2. The first-order chi connectivity index (χ1) is 15.5. The minimum absolute atomic E-state index is 0.0885. The van der Waals surface area contributed by atoms with Crippen molar-refractivity contribution in [2.45, 2.75) is 11.8 Å². The summed E-state index contributed by atoms with van der Waals surface area (Å²) < 4.78 is 38.7. The fourth-order valence-corrected chi connectivity index (χ4v) is 4.08. The highest BCUT2D eigenvalue weighted by molar-refractivity contribution is 7.92. The number of hydrogen-bond donors (Lipinski definition) is 1. The number of benzene rings is 3. The quantitative estimate of drug-likeness (QED) is 0.400. The van der Waals surface area contributed by atoms with Crippen molar-refractivity contribution in [2.75, 3.05) is 11.3 Å². The van der Waals surface area contributed by atoms with Crippen molar-refractivity contribution in [3.8, 4) is 22.8 Å². The molecule has 0 radical (unpaired) electrons. The highest BCUT2D eigenvalue weighted by Crippen LogP contribution is 2.27. The lowest BCUT2D eigenvalue weighted by Crippen LogP contribution is -2.13. The molecule has 3 aromatic carbocycles. The minimum atomic E-state index is -3.81. The van der Waals surface area contributed by atoms with Crippen LogP contribution in [0, 0.1) is 0 Å². The number of hydrogen-bond acceptors (Lipinski definition) is 6. The van der Waals surface area contributed by atoms with Crippen molar-refractivity contribution >= 4 is 21.7 Å². The molecule has 0 aliphatic rings. The lowest BCUT2D eigenvalue weighted by Gasteiger charge is -2.09. The number of anilines is 1. The Labute approximate surface area is 185 Å². The maximum atomic E-state index is 12.7. The summed E-state index contributed by atoms with van der Waals surface area (Å²) >= 11 is 0. The maximum absolute atomic E-state index is 12.7. The van der Waals surface area contributed by atoms with E-state index in [2.05, 4.69) is 9.71 Å². The van der Waals surface area contributed by atoms with E-state index in [0.29, 0.717) is 28.5 Å². The summed E-state index contributed by atoms with van der Waals surface area (Å²) in [5.41, 5.74) is 2.25. The van der Waals surface area contributed by atoms with Gasteiger partial charge in [0, 0.05) is 16.8 Å². The third-order valence-electron chi connectivity index (χ3n) is 4.62. The number of carbonyl (C=O) groups is 1. The van der Waals surface area contributed by atoms with Crippen LogP contribution in [0.3, 0.4) is 0 Å². The van der Waals surface area contributed by atoms with Gasteiger partial charge in [-0.3, -0.25) is 4.72 Å². The van der Waals surface area contributed by atoms with Crippen LogP contribution in [0.1, 0.15) is 17.3 Å². The van der Waals surface area contributed by atoms with Crippen LogP contribution in [0.15, 0.2) is 94.4 Å². The van der Waals surface area contributed by atoms with Crippen molar-refractivity contribution in [3.63, 3.8) is 0 Å². The molecule has 1 aromatic heterocycles.